The van der Waals surface area contributed by atoms with E-state index in [0.29, 0.717) is 22.3 Å². The van der Waals surface area contributed by atoms with Gasteiger partial charge in [-0.1, -0.05) is 23.7 Å². The number of methoxy groups -OCH3 is 1. The van der Waals surface area contributed by atoms with Gasteiger partial charge in [-0.05, 0) is 22.4 Å². The quantitative estimate of drug-likeness (QED) is 0.724. The minimum atomic E-state index is -0.668. The minimum Gasteiger partial charge on any atom is -0.464 e. The molecule has 0 fully saturated rings. The summed E-state index contributed by atoms with van der Waals surface area (Å²) in [7, 11) is 1.24. The van der Waals surface area contributed by atoms with Crippen LogP contribution in [0.3, 0.4) is 0 Å². The van der Waals surface area contributed by atoms with Gasteiger partial charge in [0.05, 0.1) is 23.5 Å². The van der Waals surface area contributed by atoms with E-state index in [1.165, 1.54) is 7.11 Å². The number of halogens is 1. The number of hydrogen-bond donors (Lipinski definition) is 1. The van der Waals surface area contributed by atoms with E-state index in [-0.39, 0.29) is 16.4 Å². The lowest BCUT2D eigenvalue weighted by atomic mass is 10.1. The van der Waals surface area contributed by atoms with Crippen LogP contribution in [0.5, 0.6) is 0 Å². The highest BCUT2D eigenvalue weighted by Gasteiger charge is 2.19. The Morgan fingerprint density at radius 2 is 2.19 bits per heavy atom. The summed E-state index contributed by atoms with van der Waals surface area (Å²) in [6, 6.07) is 6.84. The second-order valence-electron chi connectivity index (χ2n) is 4.19. The van der Waals surface area contributed by atoms with E-state index in [2.05, 4.69) is 20.0 Å². The van der Waals surface area contributed by atoms with Crippen LogP contribution in [0, 0.1) is 0 Å². The van der Waals surface area contributed by atoms with Crippen LogP contribution < -0.4 is 5.73 Å². The van der Waals surface area contributed by atoms with Crippen LogP contribution in [0.15, 0.2) is 28.9 Å². The fraction of sp³-hybridized carbons (Fsp3) is 0.0769. The number of rotatable bonds is 2. The second-order valence-corrected chi connectivity index (χ2v) is 4.57. The number of carbonyl (C=O) groups excluding carboxylic acids is 1. The second kappa shape index (κ2) is 5.02. The molecule has 21 heavy (non-hydrogen) atoms. The number of pyridine rings is 1. The Morgan fingerprint density at radius 3 is 2.95 bits per heavy atom. The maximum absolute atomic E-state index is 11.7. The molecule has 0 amide bonds. The average molecular weight is 305 g/mol. The molecule has 0 spiro atoms. The van der Waals surface area contributed by atoms with Crippen LogP contribution in [-0.2, 0) is 4.74 Å². The van der Waals surface area contributed by atoms with Crippen LogP contribution in [0.25, 0.3) is 22.3 Å². The SMILES string of the molecule is COC(=O)c1nc(-c2cccc3nonc23)cc(N)c1Cl. The van der Waals surface area contributed by atoms with Gasteiger partial charge in [-0.15, -0.1) is 0 Å². The van der Waals surface area contributed by atoms with Crippen molar-refractivity contribution in [1.82, 2.24) is 15.3 Å². The minimum absolute atomic E-state index is 0.0519. The third-order valence-corrected chi connectivity index (χ3v) is 3.32. The first kappa shape index (κ1) is 13.3. The summed E-state index contributed by atoms with van der Waals surface area (Å²) >= 11 is 5.99. The first-order valence-corrected chi connectivity index (χ1v) is 6.25. The zero-order valence-electron chi connectivity index (χ0n) is 10.8. The molecule has 3 aromatic rings. The molecule has 0 aliphatic carbocycles. The van der Waals surface area contributed by atoms with Gasteiger partial charge in [-0.2, -0.15) is 0 Å². The van der Waals surface area contributed by atoms with Gasteiger partial charge in [-0.3, -0.25) is 0 Å². The zero-order valence-corrected chi connectivity index (χ0v) is 11.6. The number of anilines is 1. The topological polar surface area (TPSA) is 104 Å². The Morgan fingerprint density at radius 1 is 1.38 bits per heavy atom. The first-order valence-electron chi connectivity index (χ1n) is 5.88. The summed E-state index contributed by atoms with van der Waals surface area (Å²) in [5, 5.41) is 7.63. The van der Waals surface area contributed by atoms with Crippen molar-refractivity contribution in [1.29, 1.82) is 0 Å². The van der Waals surface area contributed by atoms with Gasteiger partial charge in [0.2, 0.25) is 0 Å². The van der Waals surface area contributed by atoms with Gasteiger partial charge in [0.1, 0.15) is 11.0 Å². The molecule has 0 atom stereocenters. The van der Waals surface area contributed by atoms with E-state index in [1.54, 1.807) is 24.3 Å². The fourth-order valence-electron chi connectivity index (χ4n) is 1.93. The molecule has 3 rings (SSSR count). The van der Waals surface area contributed by atoms with Crippen molar-refractivity contribution < 1.29 is 14.2 Å². The van der Waals surface area contributed by atoms with Crippen molar-refractivity contribution in [3.05, 3.63) is 35.0 Å². The third-order valence-electron chi connectivity index (χ3n) is 2.93. The molecule has 0 unspecified atom stereocenters. The van der Waals surface area contributed by atoms with E-state index in [1.807, 2.05) is 0 Å². The lowest BCUT2D eigenvalue weighted by Gasteiger charge is -2.08. The van der Waals surface area contributed by atoms with Gasteiger partial charge in [-0.25, -0.2) is 14.4 Å². The normalized spacial score (nSPS) is 10.8. The molecule has 1 aromatic carbocycles. The monoisotopic (exact) mass is 304 g/mol. The van der Waals surface area contributed by atoms with Gasteiger partial charge in [0.25, 0.3) is 0 Å². The van der Waals surface area contributed by atoms with Crippen molar-refractivity contribution in [2.45, 2.75) is 0 Å². The molecular formula is C13H9ClN4O3. The molecular weight excluding hydrogens is 296 g/mol. The summed E-state index contributed by atoms with van der Waals surface area (Å²) < 4.78 is 9.35. The Labute approximate surface area is 123 Å². The highest BCUT2D eigenvalue weighted by atomic mass is 35.5. The molecule has 8 heteroatoms. The number of nitrogen functional groups attached to an aromatic ring is 1. The summed E-state index contributed by atoms with van der Waals surface area (Å²) in [6.45, 7) is 0. The van der Waals surface area contributed by atoms with Gasteiger partial charge < -0.3 is 10.5 Å². The number of carbonyl (C=O) groups is 1. The molecule has 2 heterocycles. The smallest absolute Gasteiger partial charge is 0.358 e. The molecule has 0 aliphatic rings. The molecule has 2 aromatic heterocycles. The molecule has 0 saturated heterocycles. The number of nitrogens with zero attached hydrogens (tertiary/aromatic N) is 3. The molecule has 0 radical (unpaired) electrons. The Kier molecular flexibility index (Phi) is 3.19. The summed E-state index contributed by atoms with van der Waals surface area (Å²) in [5.41, 5.74) is 8.14. The average Bonchev–Trinajstić information content (AvgIpc) is 2.97. The maximum atomic E-state index is 11.7. The van der Waals surface area contributed by atoms with Crippen molar-refractivity contribution in [2.24, 2.45) is 0 Å². The highest BCUT2D eigenvalue weighted by molar-refractivity contribution is 6.35. The zero-order chi connectivity index (χ0) is 15.0. The van der Waals surface area contributed by atoms with Gasteiger partial charge >= 0.3 is 5.97 Å². The molecule has 0 bridgehead atoms. The van der Waals surface area contributed by atoms with E-state index in [9.17, 15) is 4.79 Å². The van der Waals surface area contributed by atoms with Crippen molar-refractivity contribution in [3.63, 3.8) is 0 Å². The van der Waals surface area contributed by atoms with Crippen molar-refractivity contribution >= 4 is 34.3 Å². The third kappa shape index (κ3) is 2.17. The van der Waals surface area contributed by atoms with Crippen molar-refractivity contribution in [2.75, 3.05) is 12.8 Å². The van der Waals surface area contributed by atoms with Crippen LogP contribution >= 0.6 is 11.6 Å². The number of esters is 1. The highest BCUT2D eigenvalue weighted by Crippen LogP contribution is 2.31. The predicted molar refractivity (Wildman–Crippen MR) is 75.8 cm³/mol. The molecule has 7 nitrogen and oxygen atoms in total. The van der Waals surface area contributed by atoms with E-state index in [0.717, 1.165) is 0 Å². The van der Waals surface area contributed by atoms with Crippen LogP contribution in [0.2, 0.25) is 5.02 Å². The number of fused-ring (bicyclic) bond motifs is 1. The lowest BCUT2D eigenvalue weighted by Crippen LogP contribution is -2.08. The standard InChI is InChI=1S/C13H9ClN4O3/c1-20-13(19)12-10(14)7(15)5-9(16-12)6-3-2-4-8-11(6)18-21-17-8/h2-5H,1H3,(H2,15,16). The van der Waals surface area contributed by atoms with E-state index < -0.39 is 5.97 Å². The largest absolute Gasteiger partial charge is 0.464 e. The van der Waals surface area contributed by atoms with E-state index in [4.69, 9.17) is 22.0 Å². The molecule has 2 N–H and O–H groups in total. The Balaban J connectivity index is 2.26. The summed E-state index contributed by atoms with van der Waals surface area (Å²) in [5.74, 6) is -0.668. The van der Waals surface area contributed by atoms with Gasteiger partial charge in [0.15, 0.2) is 5.69 Å². The fourth-order valence-corrected chi connectivity index (χ4v) is 2.11. The summed E-state index contributed by atoms with van der Waals surface area (Å²) in [4.78, 5) is 15.9. The van der Waals surface area contributed by atoms with Crippen LogP contribution in [0.1, 0.15) is 10.5 Å². The molecule has 0 saturated carbocycles. The first-order chi connectivity index (χ1) is 10.1. The Hall–Kier alpha value is -2.67. The number of hydrogen-bond acceptors (Lipinski definition) is 7. The van der Waals surface area contributed by atoms with Crippen molar-refractivity contribution in [3.8, 4) is 11.3 Å². The lowest BCUT2D eigenvalue weighted by molar-refractivity contribution is 0.0594. The number of nitrogens with two attached hydrogens (primary N) is 1. The van der Waals surface area contributed by atoms with Gasteiger partial charge in [0, 0.05) is 5.56 Å². The Bertz CT molecular complexity index is 847. The number of ether oxygens (including phenoxy) is 1. The van der Waals surface area contributed by atoms with E-state index >= 15 is 0 Å². The number of aromatic nitrogens is 3. The number of benzene rings is 1. The predicted octanol–water partition coefficient (Wildman–Crippen LogP) is 2.31. The summed E-state index contributed by atoms with van der Waals surface area (Å²) in [6.07, 6.45) is 0. The maximum Gasteiger partial charge on any atom is 0.358 e. The molecule has 0 aliphatic heterocycles. The van der Waals surface area contributed by atoms with Crippen LogP contribution in [-0.4, -0.2) is 28.4 Å². The van der Waals surface area contributed by atoms with Crippen LogP contribution in [0.4, 0.5) is 5.69 Å². The molecule has 106 valence electrons.